The van der Waals surface area contributed by atoms with Crippen molar-refractivity contribution in [2.75, 3.05) is 0 Å². The van der Waals surface area contributed by atoms with Crippen molar-refractivity contribution in [2.24, 2.45) is 0 Å². The minimum Gasteiger partial charge on any atom is -0.487 e. The fourth-order valence-electron chi connectivity index (χ4n) is 2.10. The van der Waals surface area contributed by atoms with E-state index in [2.05, 4.69) is 27.0 Å². The zero-order chi connectivity index (χ0) is 13.9. The average molecular weight is 328 g/mol. The normalized spacial score (nSPS) is 10.7. The summed E-state index contributed by atoms with van der Waals surface area (Å²) in [7, 11) is 0. The molecule has 0 radical (unpaired) electrons. The summed E-state index contributed by atoms with van der Waals surface area (Å²) in [6.07, 6.45) is 0. The molecule has 0 saturated carbocycles. The Morgan fingerprint density at radius 2 is 1.85 bits per heavy atom. The highest BCUT2D eigenvalue weighted by atomic mass is 79.9. The van der Waals surface area contributed by atoms with Crippen LogP contribution < -0.4 is 4.74 Å². The fraction of sp³-hybridized carbons (Fsp3) is 0.118. The molecule has 3 heteroatoms. The smallest absolute Gasteiger partial charge is 0.146 e. The molecule has 2 aromatic carbocycles. The quantitative estimate of drug-likeness (QED) is 0.683. The molecule has 3 aromatic rings. The van der Waals surface area contributed by atoms with Crippen molar-refractivity contribution < 1.29 is 4.74 Å². The molecule has 0 aliphatic rings. The summed E-state index contributed by atoms with van der Waals surface area (Å²) in [5.41, 5.74) is 3.03. The Balaban J connectivity index is 1.91. The summed E-state index contributed by atoms with van der Waals surface area (Å²) in [5, 5.41) is 1.10. The standard InChI is InChI=1S/C17H14BrNO/c1-12-9-10-13-6-4-8-16(17(13)19-12)20-11-14-5-2-3-7-15(14)18/h2-10H,11H2,1H3. The number of rotatable bonds is 3. The summed E-state index contributed by atoms with van der Waals surface area (Å²) in [4.78, 5) is 4.57. The topological polar surface area (TPSA) is 22.1 Å². The Labute approximate surface area is 126 Å². The Hall–Kier alpha value is -1.87. The van der Waals surface area contributed by atoms with Crippen molar-refractivity contribution >= 4 is 26.8 Å². The molecule has 1 heterocycles. The van der Waals surface area contributed by atoms with Gasteiger partial charge < -0.3 is 4.74 Å². The van der Waals surface area contributed by atoms with E-state index in [1.165, 1.54) is 0 Å². The Bertz CT molecular complexity index is 755. The van der Waals surface area contributed by atoms with E-state index in [0.717, 1.165) is 32.4 Å². The molecular weight excluding hydrogens is 314 g/mol. The number of nitrogens with zero attached hydrogens (tertiary/aromatic N) is 1. The molecule has 1 aromatic heterocycles. The first kappa shape index (κ1) is 13.1. The van der Waals surface area contributed by atoms with E-state index >= 15 is 0 Å². The van der Waals surface area contributed by atoms with Gasteiger partial charge in [-0.1, -0.05) is 52.3 Å². The SMILES string of the molecule is Cc1ccc2cccc(OCc3ccccc3Br)c2n1. The third-order valence-corrected chi connectivity index (χ3v) is 3.94. The van der Waals surface area contributed by atoms with Crippen molar-refractivity contribution in [1.29, 1.82) is 0 Å². The maximum Gasteiger partial charge on any atom is 0.146 e. The zero-order valence-electron chi connectivity index (χ0n) is 11.1. The van der Waals surface area contributed by atoms with Crippen molar-refractivity contribution in [3.05, 3.63) is 70.3 Å². The summed E-state index contributed by atoms with van der Waals surface area (Å²) < 4.78 is 7.01. The predicted molar refractivity (Wildman–Crippen MR) is 85.0 cm³/mol. The third kappa shape index (κ3) is 2.68. The van der Waals surface area contributed by atoms with Crippen molar-refractivity contribution in [3.63, 3.8) is 0 Å². The van der Waals surface area contributed by atoms with Gasteiger partial charge in [-0.05, 0) is 25.1 Å². The molecule has 100 valence electrons. The second-order valence-corrected chi connectivity index (χ2v) is 5.51. The minimum atomic E-state index is 0.524. The number of halogens is 1. The first-order chi connectivity index (χ1) is 9.74. The van der Waals surface area contributed by atoms with Gasteiger partial charge in [-0.2, -0.15) is 0 Å². The minimum absolute atomic E-state index is 0.524. The molecule has 0 atom stereocenters. The van der Waals surface area contributed by atoms with Gasteiger partial charge in [-0.25, -0.2) is 4.98 Å². The predicted octanol–water partition coefficient (Wildman–Crippen LogP) is 4.88. The van der Waals surface area contributed by atoms with E-state index in [-0.39, 0.29) is 0 Å². The monoisotopic (exact) mass is 327 g/mol. The van der Waals surface area contributed by atoms with Crippen LogP contribution in [0.15, 0.2) is 59.1 Å². The molecule has 0 aliphatic carbocycles. The molecule has 0 saturated heterocycles. The molecule has 3 rings (SSSR count). The summed E-state index contributed by atoms with van der Waals surface area (Å²) in [5.74, 6) is 0.821. The van der Waals surface area contributed by atoms with Crippen LogP contribution in [-0.2, 0) is 6.61 Å². The van der Waals surface area contributed by atoms with Crippen LogP contribution >= 0.6 is 15.9 Å². The highest BCUT2D eigenvalue weighted by molar-refractivity contribution is 9.10. The first-order valence-electron chi connectivity index (χ1n) is 6.46. The number of para-hydroxylation sites is 1. The lowest BCUT2D eigenvalue weighted by Crippen LogP contribution is -1.98. The van der Waals surface area contributed by atoms with Crippen LogP contribution in [-0.4, -0.2) is 4.98 Å². The van der Waals surface area contributed by atoms with Crippen molar-refractivity contribution in [3.8, 4) is 5.75 Å². The first-order valence-corrected chi connectivity index (χ1v) is 7.26. The van der Waals surface area contributed by atoms with Crippen LogP contribution in [0.2, 0.25) is 0 Å². The van der Waals surface area contributed by atoms with Crippen LogP contribution in [0.25, 0.3) is 10.9 Å². The van der Waals surface area contributed by atoms with Gasteiger partial charge in [0.2, 0.25) is 0 Å². The van der Waals surface area contributed by atoms with Crippen LogP contribution in [0.4, 0.5) is 0 Å². The summed E-state index contributed by atoms with van der Waals surface area (Å²) in [6.45, 7) is 2.51. The van der Waals surface area contributed by atoms with Gasteiger partial charge in [0.1, 0.15) is 17.9 Å². The lowest BCUT2D eigenvalue weighted by Gasteiger charge is -2.10. The summed E-state index contributed by atoms with van der Waals surface area (Å²) >= 11 is 3.54. The number of aryl methyl sites for hydroxylation is 1. The lowest BCUT2D eigenvalue weighted by molar-refractivity contribution is 0.308. The molecule has 0 N–H and O–H groups in total. The van der Waals surface area contributed by atoms with Gasteiger partial charge >= 0.3 is 0 Å². The molecule has 0 unspecified atom stereocenters. The lowest BCUT2D eigenvalue weighted by atomic mass is 10.2. The molecule has 0 spiro atoms. The highest BCUT2D eigenvalue weighted by Crippen LogP contribution is 2.26. The molecular formula is C17H14BrNO. The maximum absolute atomic E-state index is 5.95. The van der Waals surface area contributed by atoms with E-state index in [1.807, 2.05) is 55.5 Å². The summed E-state index contributed by atoms with van der Waals surface area (Å²) in [6, 6.07) is 18.2. The largest absolute Gasteiger partial charge is 0.487 e. The van der Waals surface area contributed by atoms with Crippen molar-refractivity contribution in [2.45, 2.75) is 13.5 Å². The molecule has 0 aliphatic heterocycles. The molecule has 0 fully saturated rings. The molecule has 0 bridgehead atoms. The van der Waals surface area contributed by atoms with E-state index in [9.17, 15) is 0 Å². The van der Waals surface area contributed by atoms with Crippen LogP contribution in [0, 0.1) is 6.92 Å². The molecule has 20 heavy (non-hydrogen) atoms. The van der Waals surface area contributed by atoms with Crippen LogP contribution in [0.1, 0.15) is 11.3 Å². The fourth-order valence-corrected chi connectivity index (χ4v) is 2.50. The Morgan fingerprint density at radius 1 is 1.00 bits per heavy atom. The third-order valence-electron chi connectivity index (χ3n) is 3.16. The number of fused-ring (bicyclic) bond motifs is 1. The van der Waals surface area contributed by atoms with E-state index in [0.29, 0.717) is 6.61 Å². The van der Waals surface area contributed by atoms with E-state index in [1.54, 1.807) is 0 Å². The number of pyridine rings is 1. The number of aromatic nitrogens is 1. The number of benzene rings is 2. The average Bonchev–Trinajstić information content (AvgIpc) is 2.46. The maximum atomic E-state index is 5.95. The van der Waals surface area contributed by atoms with Crippen LogP contribution in [0.5, 0.6) is 5.75 Å². The number of hydrogen-bond acceptors (Lipinski definition) is 2. The second-order valence-electron chi connectivity index (χ2n) is 4.66. The van der Waals surface area contributed by atoms with Gasteiger partial charge in [-0.15, -0.1) is 0 Å². The number of ether oxygens (including phenoxy) is 1. The van der Waals surface area contributed by atoms with Gasteiger partial charge in [0, 0.05) is 21.1 Å². The van der Waals surface area contributed by atoms with Gasteiger partial charge in [0.25, 0.3) is 0 Å². The van der Waals surface area contributed by atoms with E-state index in [4.69, 9.17) is 4.74 Å². The highest BCUT2D eigenvalue weighted by Gasteiger charge is 2.05. The van der Waals surface area contributed by atoms with Crippen LogP contribution in [0.3, 0.4) is 0 Å². The second kappa shape index (κ2) is 5.63. The Kier molecular flexibility index (Phi) is 3.70. The van der Waals surface area contributed by atoms with Gasteiger partial charge in [-0.3, -0.25) is 0 Å². The van der Waals surface area contributed by atoms with E-state index < -0.39 is 0 Å². The van der Waals surface area contributed by atoms with Crippen molar-refractivity contribution in [1.82, 2.24) is 4.98 Å². The number of hydrogen-bond donors (Lipinski definition) is 0. The zero-order valence-corrected chi connectivity index (χ0v) is 12.7. The Morgan fingerprint density at radius 3 is 2.70 bits per heavy atom. The van der Waals surface area contributed by atoms with Gasteiger partial charge in [0.05, 0.1) is 0 Å². The van der Waals surface area contributed by atoms with Gasteiger partial charge in [0.15, 0.2) is 0 Å². The molecule has 0 amide bonds. The molecule has 2 nitrogen and oxygen atoms in total.